The zero-order chi connectivity index (χ0) is 21.5. The highest BCUT2D eigenvalue weighted by Gasteiger charge is 2.58. The fraction of sp³-hybridized carbons (Fsp3) is 0.636. The van der Waals surface area contributed by atoms with E-state index in [-0.39, 0.29) is 64.9 Å². The number of hydrogen-bond donors (Lipinski definition) is 2. The number of carbonyl (C=O) groups is 2. The second kappa shape index (κ2) is 9.56. The van der Waals surface area contributed by atoms with Gasteiger partial charge in [0.25, 0.3) is 0 Å². The van der Waals surface area contributed by atoms with Crippen LogP contribution in [0.25, 0.3) is 0 Å². The second-order valence-electron chi connectivity index (χ2n) is 9.43. The molecule has 9 heteroatoms. The van der Waals surface area contributed by atoms with Gasteiger partial charge in [0.15, 0.2) is 5.96 Å². The van der Waals surface area contributed by atoms with Gasteiger partial charge in [0.2, 0.25) is 11.8 Å². The average molecular weight is 558 g/mol. The van der Waals surface area contributed by atoms with E-state index in [4.69, 9.17) is 0 Å². The third-order valence-electron chi connectivity index (χ3n) is 6.27. The number of aromatic nitrogens is 1. The summed E-state index contributed by atoms with van der Waals surface area (Å²) in [6.45, 7) is 8.20. The number of aliphatic imine (C=N–C) groups is 1. The number of carbonyl (C=O) groups excluding carboxylic acids is 2. The minimum absolute atomic E-state index is 0. The van der Waals surface area contributed by atoms with Crippen LogP contribution in [0.3, 0.4) is 0 Å². The predicted octanol–water partition coefficient (Wildman–Crippen LogP) is 2.92. The highest BCUT2D eigenvalue weighted by atomic mass is 127. The van der Waals surface area contributed by atoms with Gasteiger partial charge in [-0.25, -0.2) is 4.98 Å². The highest BCUT2D eigenvalue weighted by Crippen LogP contribution is 2.52. The SMILES string of the molecule is CN=C(NCCCN1C(=O)C2C3C=CC(C3)C2C1=O)NCc1csc(C(C)(C)C)n1.I. The Hall–Kier alpha value is -1.49. The van der Waals surface area contributed by atoms with Crippen LogP contribution in [0.5, 0.6) is 0 Å². The molecule has 4 unspecified atom stereocenters. The molecule has 2 N–H and O–H groups in total. The molecule has 3 aliphatic rings. The number of allylic oxidation sites excluding steroid dienone is 2. The van der Waals surface area contributed by atoms with Crippen molar-refractivity contribution in [2.24, 2.45) is 28.7 Å². The molecule has 0 aromatic carbocycles. The molecule has 4 atom stereocenters. The number of rotatable bonds is 6. The first-order valence-corrected chi connectivity index (χ1v) is 11.6. The summed E-state index contributed by atoms with van der Waals surface area (Å²) in [7, 11) is 1.73. The van der Waals surface area contributed by atoms with Crippen molar-refractivity contribution in [1.82, 2.24) is 20.5 Å². The number of imide groups is 1. The molecule has 31 heavy (non-hydrogen) atoms. The first-order chi connectivity index (χ1) is 14.3. The number of likely N-dealkylation sites (tertiary alicyclic amines) is 1. The van der Waals surface area contributed by atoms with Crippen LogP contribution in [0.1, 0.15) is 44.3 Å². The lowest BCUT2D eigenvalue weighted by Gasteiger charge is -2.18. The van der Waals surface area contributed by atoms with E-state index in [0.29, 0.717) is 32.0 Å². The Morgan fingerprint density at radius 3 is 2.39 bits per heavy atom. The van der Waals surface area contributed by atoms with E-state index in [1.54, 1.807) is 18.4 Å². The highest BCUT2D eigenvalue weighted by molar-refractivity contribution is 14.0. The van der Waals surface area contributed by atoms with Crippen LogP contribution in [-0.2, 0) is 21.5 Å². The van der Waals surface area contributed by atoms with Gasteiger partial charge in [-0.3, -0.25) is 19.5 Å². The van der Waals surface area contributed by atoms with Crippen LogP contribution in [0.15, 0.2) is 22.5 Å². The maximum atomic E-state index is 12.7. The Morgan fingerprint density at radius 1 is 1.19 bits per heavy atom. The number of fused-ring (bicyclic) bond motifs is 5. The van der Waals surface area contributed by atoms with Crippen LogP contribution in [-0.4, -0.2) is 47.8 Å². The van der Waals surface area contributed by atoms with Crippen molar-refractivity contribution >= 4 is 53.1 Å². The number of thiazole rings is 1. The quantitative estimate of drug-likeness (QED) is 0.140. The molecular formula is C22H32IN5O2S. The van der Waals surface area contributed by atoms with Crippen molar-refractivity contribution in [3.8, 4) is 0 Å². The lowest BCUT2D eigenvalue weighted by Crippen LogP contribution is -2.39. The normalized spacial score (nSPS) is 27.0. The zero-order valence-electron chi connectivity index (χ0n) is 18.6. The molecule has 1 aromatic heterocycles. The maximum Gasteiger partial charge on any atom is 0.233 e. The van der Waals surface area contributed by atoms with Crippen LogP contribution >= 0.6 is 35.3 Å². The molecular weight excluding hydrogens is 525 g/mol. The summed E-state index contributed by atoms with van der Waals surface area (Å²) in [6, 6.07) is 0. The van der Waals surface area contributed by atoms with Crippen molar-refractivity contribution in [3.63, 3.8) is 0 Å². The molecule has 4 rings (SSSR count). The molecule has 170 valence electrons. The number of guanidine groups is 1. The van der Waals surface area contributed by atoms with Crippen LogP contribution in [0, 0.1) is 23.7 Å². The topological polar surface area (TPSA) is 86.7 Å². The number of amides is 2. The predicted molar refractivity (Wildman–Crippen MR) is 133 cm³/mol. The Kier molecular flexibility index (Phi) is 7.45. The van der Waals surface area contributed by atoms with Crippen molar-refractivity contribution < 1.29 is 9.59 Å². The van der Waals surface area contributed by atoms with Crippen LogP contribution < -0.4 is 10.6 Å². The van der Waals surface area contributed by atoms with Crippen molar-refractivity contribution in [2.75, 3.05) is 20.1 Å². The van der Waals surface area contributed by atoms with E-state index >= 15 is 0 Å². The zero-order valence-corrected chi connectivity index (χ0v) is 21.7. The molecule has 0 spiro atoms. The van der Waals surface area contributed by atoms with Gasteiger partial charge in [0.1, 0.15) is 0 Å². The third kappa shape index (κ3) is 4.81. The Labute approximate surface area is 205 Å². The van der Waals surface area contributed by atoms with Gasteiger partial charge in [0, 0.05) is 30.9 Å². The molecule has 1 aliphatic heterocycles. The molecule has 1 aromatic rings. The Morgan fingerprint density at radius 2 is 1.84 bits per heavy atom. The smallest absolute Gasteiger partial charge is 0.233 e. The summed E-state index contributed by atoms with van der Waals surface area (Å²) in [5.74, 6) is 1.08. The van der Waals surface area contributed by atoms with Gasteiger partial charge in [-0.15, -0.1) is 35.3 Å². The molecule has 2 bridgehead atoms. The van der Waals surface area contributed by atoms with E-state index in [9.17, 15) is 9.59 Å². The van der Waals surface area contributed by atoms with Gasteiger partial charge >= 0.3 is 0 Å². The minimum atomic E-state index is -0.106. The molecule has 1 saturated heterocycles. The molecule has 2 fully saturated rings. The maximum absolute atomic E-state index is 12.7. The number of halogens is 1. The standard InChI is InChI=1S/C22H31N5O2S.HI/c1-22(2,3)20-26-15(12-30-20)11-25-21(23-4)24-8-5-9-27-18(28)16-13-6-7-14(10-13)17(16)19(27)29;/h6-7,12-14,16-17H,5,8-11H2,1-4H3,(H2,23,24,25);1H. The van der Waals surface area contributed by atoms with E-state index < -0.39 is 0 Å². The average Bonchev–Trinajstić information content (AvgIpc) is 3.47. The van der Waals surface area contributed by atoms with Gasteiger partial charge in [0.05, 0.1) is 29.1 Å². The molecule has 7 nitrogen and oxygen atoms in total. The molecule has 1 saturated carbocycles. The summed E-state index contributed by atoms with van der Waals surface area (Å²) in [5, 5.41) is 9.73. The first kappa shape index (κ1) is 24.2. The van der Waals surface area contributed by atoms with Gasteiger partial charge < -0.3 is 10.6 Å². The lowest BCUT2D eigenvalue weighted by atomic mass is 9.85. The first-order valence-electron chi connectivity index (χ1n) is 10.7. The monoisotopic (exact) mass is 557 g/mol. The van der Waals surface area contributed by atoms with Crippen molar-refractivity contribution in [1.29, 1.82) is 0 Å². The van der Waals surface area contributed by atoms with E-state index in [1.807, 2.05) is 0 Å². The summed E-state index contributed by atoms with van der Waals surface area (Å²) < 4.78 is 0. The molecule has 2 amide bonds. The summed E-state index contributed by atoms with van der Waals surface area (Å²) >= 11 is 1.68. The number of nitrogens with zero attached hydrogens (tertiary/aromatic N) is 3. The van der Waals surface area contributed by atoms with E-state index in [1.165, 1.54) is 4.90 Å². The summed E-state index contributed by atoms with van der Waals surface area (Å²) in [6.07, 6.45) is 5.93. The largest absolute Gasteiger partial charge is 0.356 e. The van der Waals surface area contributed by atoms with Gasteiger partial charge in [-0.2, -0.15) is 0 Å². The summed E-state index contributed by atoms with van der Waals surface area (Å²) in [5.41, 5.74) is 1.05. The van der Waals surface area contributed by atoms with E-state index in [0.717, 1.165) is 17.1 Å². The minimum Gasteiger partial charge on any atom is -0.356 e. The van der Waals surface area contributed by atoms with Crippen LogP contribution in [0.2, 0.25) is 0 Å². The van der Waals surface area contributed by atoms with Gasteiger partial charge in [-0.1, -0.05) is 32.9 Å². The van der Waals surface area contributed by atoms with E-state index in [2.05, 4.69) is 58.9 Å². The summed E-state index contributed by atoms with van der Waals surface area (Å²) in [4.78, 5) is 35.8. The number of nitrogens with one attached hydrogen (secondary N) is 2. The molecule has 2 heterocycles. The fourth-order valence-corrected chi connectivity index (χ4v) is 5.66. The fourth-order valence-electron chi connectivity index (χ4n) is 4.76. The third-order valence-corrected chi connectivity index (χ3v) is 7.58. The van der Waals surface area contributed by atoms with Crippen LogP contribution in [0.4, 0.5) is 0 Å². The number of hydrogen-bond acceptors (Lipinski definition) is 5. The Balaban J connectivity index is 0.00000272. The van der Waals surface area contributed by atoms with Crippen molar-refractivity contribution in [2.45, 2.75) is 45.6 Å². The molecule has 2 aliphatic carbocycles. The lowest BCUT2D eigenvalue weighted by molar-refractivity contribution is -0.140. The molecule has 0 radical (unpaired) electrons. The van der Waals surface area contributed by atoms with Crippen molar-refractivity contribution in [3.05, 3.63) is 28.2 Å². The van der Waals surface area contributed by atoms with Gasteiger partial charge in [-0.05, 0) is 24.7 Å². The second-order valence-corrected chi connectivity index (χ2v) is 10.3. The Bertz CT molecular complexity index is 861.